The average molecular weight is 688 g/mol. The van der Waals surface area contributed by atoms with E-state index in [9.17, 15) is 0 Å². The van der Waals surface area contributed by atoms with Crippen LogP contribution < -0.4 is 0 Å². The SMILES string of the molecule is c1cc(-c2ccc3ccc(-c4ccc5nc(-c6ccc7cc(-c8ccc9ccc%10cccnc%10c9n8)ccc7c6)ccc5c4)cc3n2)c2ccncc2c1. The van der Waals surface area contributed by atoms with Crippen molar-refractivity contribution >= 4 is 65.2 Å². The minimum absolute atomic E-state index is 0.925. The Morgan fingerprint density at radius 1 is 0.333 bits per heavy atom. The molecule has 0 aliphatic carbocycles. The van der Waals surface area contributed by atoms with Crippen molar-refractivity contribution in [3.8, 4) is 44.9 Å². The molecular weight excluding hydrogens is 659 g/mol. The highest BCUT2D eigenvalue weighted by Gasteiger charge is 2.11. The molecule has 0 aliphatic heterocycles. The number of nitrogens with zero attached hydrogens (tertiary/aromatic N) is 5. The molecular formula is C49H29N5. The van der Waals surface area contributed by atoms with Crippen LogP contribution in [0.1, 0.15) is 0 Å². The maximum atomic E-state index is 5.11. The van der Waals surface area contributed by atoms with Crippen molar-refractivity contribution in [3.63, 3.8) is 0 Å². The van der Waals surface area contributed by atoms with Crippen LogP contribution in [0.15, 0.2) is 176 Å². The largest absolute Gasteiger partial charge is 0.264 e. The van der Waals surface area contributed by atoms with Gasteiger partial charge in [-0.3, -0.25) is 9.97 Å². The first-order valence-electron chi connectivity index (χ1n) is 18.0. The Balaban J connectivity index is 0.893. The summed E-state index contributed by atoms with van der Waals surface area (Å²) >= 11 is 0. The van der Waals surface area contributed by atoms with Crippen LogP contribution in [0.25, 0.3) is 110 Å². The fourth-order valence-corrected chi connectivity index (χ4v) is 7.71. The second kappa shape index (κ2) is 12.1. The van der Waals surface area contributed by atoms with Crippen LogP contribution in [0.3, 0.4) is 0 Å². The number of hydrogen-bond donors (Lipinski definition) is 0. The molecule has 0 aliphatic rings. The van der Waals surface area contributed by atoms with Crippen molar-refractivity contribution in [3.05, 3.63) is 176 Å². The lowest BCUT2D eigenvalue weighted by atomic mass is 9.99. The van der Waals surface area contributed by atoms with Gasteiger partial charge in [-0.25, -0.2) is 15.0 Å². The van der Waals surface area contributed by atoms with Crippen molar-refractivity contribution in [1.82, 2.24) is 24.9 Å². The van der Waals surface area contributed by atoms with Crippen molar-refractivity contribution in [1.29, 1.82) is 0 Å². The summed E-state index contributed by atoms with van der Waals surface area (Å²) in [4.78, 5) is 24.2. The normalized spacial score (nSPS) is 11.7. The predicted molar refractivity (Wildman–Crippen MR) is 222 cm³/mol. The minimum Gasteiger partial charge on any atom is -0.264 e. The van der Waals surface area contributed by atoms with Crippen LogP contribution in [0, 0.1) is 0 Å². The third kappa shape index (κ3) is 5.13. The van der Waals surface area contributed by atoms with Crippen LogP contribution in [0.4, 0.5) is 0 Å². The van der Waals surface area contributed by atoms with Crippen LogP contribution in [0.5, 0.6) is 0 Å². The fraction of sp³-hybridized carbons (Fsp3) is 0. The summed E-state index contributed by atoms with van der Waals surface area (Å²) in [5, 5.41) is 8.96. The molecule has 0 fully saturated rings. The van der Waals surface area contributed by atoms with Gasteiger partial charge in [0.1, 0.15) is 0 Å². The van der Waals surface area contributed by atoms with E-state index >= 15 is 0 Å². The van der Waals surface area contributed by atoms with E-state index in [-0.39, 0.29) is 0 Å². The Bertz CT molecular complexity index is 3290. The number of hydrogen-bond acceptors (Lipinski definition) is 5. The maximum absolute atomic E-state index is 5.11. The van der Waals surface area contributed by atoms with Gasteiger partial charge in [-0.1, -0.05) is 97.1 Å². The monoisotopic (exact) mass is 687 g/mol. The van der Waals surface area contributed by atoms with Crippen LogP contribution in [-0.4, -0.2) is 24.9 Å². The highest BCUT2D eigenvalue weighted by Crippen LogP contribution is 2.33. The predicted octanol–water partition coefficient (Wildman–Crippen LogP) is 12.2. The average Bonchev–Trinajstić information content (AvgIpc) is 3.24. The van der Waals surface area contributed by atoms with Gasteiger partial charge < -0.3 is 0 Å². The van der Waals surface area contributed by atoms with Gasteiger partial charge in [-0.2, -0.15) is 0 Å². The number of rotatable bonds is 4. The lowest BCUT2D eigenvalue weighted by Crippen LogP contribution is -1.90. The second-order valence-electron chi connectivity index (χ2n) is 13.8. The van der Waals surface area contributed by atoms with E-state index in [1.165, 1.54) is 0 Å². The molecule has 0 spiro atoms. The summed E-state index contributed by atoms with van der Waals surface area (Å²) in [6, 6.07) is 55.5. The van der Waals surface area contributed by atoms with E-state index in [0.717, 1.165) is 110 Å². The smallest absolute Gasteiger partial charge is 0.0972 e. The molecule has 54 heavy (non-hydrogen) atoms. The fourth-order valence-electron chi connectivity index (χ4n) is 7.71. The number of pyridine rings is 5. The lowest BCUT2D eigenvalue weighted by Gasteiger charge is -2.10. The Hall–Kier alpha value is -7.37. The second-order valence-corrected chi connectivity index (χ2v) is 13.8. The molecule has 0 atom stereocenters. The van der Waals surface area contributed by atoms with E-state index in [2.05, 4.69) is 162 Å². The zero-order chi connectivity index (χ0) is 35.6. The van der Waals surface area contributed by atoms with Gasteiger partial charge in [0.25, 0.3) is 0 Å². The topological polar surface area (TPSA) is 64.5 Å². The van der Waals surface area contributed by atoms with Crippen molar-refractivity contribution in [2.75, 3.05) is 0 Å². The summed E-state index contributed by atoms with van der Waals surface area (Å²) in [7, 11) is 0. The molecule has 0 bridgehead atoms. The van der Waals surface area contributed by atoms with E-state index in [0.29, 0.717) is 0 Å². The van der Waals surface area contributed by atoms with Gasteiger partial charge in [0, 0.05) is 62.2 Å². The van der Waals surface area contributed by atoms with Gasteiger partial charge in [0.2, 0.25) is 0 Å². The maximum Gasteiger partial charge on any atom is 0.0972 e. The molecule has 0 unspecified atom stereocenters. The highest BCUT2D eigenvalue weighted by atomic mass is 14.8. The van der Waals surface area contributed by atoms with Gasteiger partial charge in [-0.15, -0.1) is 0 Å². The number of benzene rings is 6. The number of fused-ring (bicyclic) bond motifs is 7. The summed E-state index contributed by atoms with van der Waals surface area (Å²) in [6.45, 7) is 0. The third-order valence-corrected chi connectivity index (χ3v) is 10.5. The quantitative estimate of drug-likeness (QED) is 0.172. The molecule has 5 heteroatoms. The van der Waals surface area contributed by atoms with E-state index in [4.69, 9.17) is 15.0 Å². The first-order valence-corrected chi connectivity index (χ1v) is 18.0. The van der Waals surface area contributed by atoms with Crippen LogP contribution in [-0.2, 0) is 0 Å². The van der Waals surface area contributed by atoms with Crippen LogP contribution in [0.2, 0.25) is 0 Å². The Labute approximate surface area is 310 Å². The zero-order valence-corrected chi connectivity index (χ0v) is 29.0. The van der Waals surface area contributed by atoms with Crippen molar-refractivity contribution in [2.45, 2.75) is 0 Å². The standard InChI is InChI=1S/C49H29N5/c1-3-40-29-50-24-22-41(40)42(5-1)46-21-14-30-6-9-36(28-47(30)53-46)35-16-19-43-39(27-35)17-20-44(52-43)37-12-10-34-26-38(13-11-33(34)25-37)45-18-15-32-8-7-31-4-2-23-51-48(31)49(32)54-45/h1-29H. The summed E-state index contributed by atoms with van der Waals surface area (Å²) in [5.41, 5.74) is 12.1. The summed E-state index contributed by atoms with van der Waals surface area (Å²) in [6.07, 6.45) is 5.57. The molecule has 0 saturated heterocycles. The zero-order valence-electron chi connectivity index (χ0n) is 29.0. The molecule has 0 saturated carbocycles. The van der Waals surface area contributed by atoms with E-state index < -0.39 is 0 Å². The molecule has 0 N–H and O–H groups in total. The first kappa shape index (κ1) is 30.3. The van der Waals surface area contributed by atoms with Crippen LogP contribution >= 0.6 is 0 Å². The van der Waals surface area contributed by atoms with Crippen molar-refractivity contribution < 1.29 is 0 Å². The van der Waals surface area contributed by atoms with E-state index in [1.807, 2.05) is 24.7 Å². The van der Waals surface area contributed by atoms with Crippen molar-refractivity contribution in [2.24, 2.45) is 0 Å². The summed E-state index contributed by atoms with van der Waals surface area (Å²) in [5.74, 6) is 0. The molecule has 11 aromatic rings. The molecule has 250 valence electrons. The molecule has 5 nitrogen and oxygen atoms in total. The Kier molecular flexibility index (Phi) is 6.79. The minimum atomic E-state index is 0.925. The number of aromatic nitrogens is 5. The molecule has 6 aromatic carbocycles. The van der Waals surface area contributed by atoms with Gasteiger partial charge in [0.15, 0.2) is 0 Å². The molecule has 0 radical (unpaired) electrons. The van der Waals surface area contributed by atoms with Gasteiger partial charge in [0.05, 0.1) is 39.1 Å². The molecule has 5 heterocycles. The van der Waals surface area contributed by atoms with Gasteiger partial charge in [-0.05, 0) is 87.9 Å². The Morgan fingerprint density at radius 3 is 1.81 bits per heavy atom. The molecule has 0 amide bonds. The lowest BCUT2D eigenvalue weighted by molar-refractivity contribution is 1.36. The van der Waals surface area contributed by atoms with E-state index in [1.54, 1.807) is 0 Å². The molecule has 11 rings (SSSR count). The Morgan fingerprint density at radius 2 is 0.944 bits per heavy atom. The molecule has 5 aromatic heterocycles. The third-order valence-electron chi connectivity index (χ3n) is 10.5. The first-order chi connectivity index (χ1) is 26.7. The summed E-state index contributed by atoms with van der Waals surface area (Å²) < 4.78 is 0. The van der Waals surface area contributed by atoms with Gasteiger partial charge >= 0.3 is 0 Å². The highest BCUT2D eigenvalue weighted by molar-refractivity contribution is 6.04.